The minimum atomic E-state index is -0.988. The molecule has 3 nitrogen and oxygen atoms in total. The molecule has 0 heterocycles. The van der Waals surface area contributed by atoms with Crippen LogP contribution in [-0.2, 0) is 10.2 Å². The summed E-state index contributed by atoms with van der Waals surface area (Å²) in [6, 6.07) is 15.4. The van der Waals surface area contributed by atoms with Crippen LogP contribution in [0.3, 0.4) is 0 Å². The Bertz CT molecular complexity index is 715. The molecule has 0 saturated carbocycles. The Kier molecular flexibility index (Phi) is 5.38. The van der Waals surface area contributed by atoms with E-state index in [-0.39, 0.29) is 11.3 Å². The van der Waals surface area contributed by atoms with Gasteiger partial charge < -0.3 is 10.1 Å². The molecule has 128 valence electrons. The summed E-state index contributed by atoms with van der Waals surface area (Å²) in [4.78, 5) is 12.6. The molecule has 2 aromatic rings. The van der Waals surface area contributed by atoms with Gasteiger partial charge in [-0.2, -0.15) is 0 Å². The minimum Gasteiger partial charge on any atom is -0.478 e. The molecule has 4 heteroatoms. The van der Waals surface area contributed by atoms with E-state index in [0.29, 0.717) is 5.75 Å². The van der Waals surface area contributed by atoms with Gasteiger partial charge in [0.25, 0.3) is 5.91 Å². The van der Waals surface area contributed by atoms with Gasteiger partial charge in [-0.3, -0.25) is 4.79 Å². The third-order valence-corrected chi connectivity index (χ3v) is 4.45. The fraction of sp³-hybridized carbons (Fsp3) is 0.350. The maximum atomic E-state index is 12.6. The number of carbonyl (C=O) groups is 1. The minimum absolute atomic E-state index is 0.0883. The fourth-order valence-electron chi connectivity index (χ4n) is 2.20. The predicted octanol–water partition coefficient (Wildman–Crippen LogP) is 5.54. The van der Waals surface area contributed by atoms with Crippen molar-refractivity contribution in [2.45, 2.75) is 45.6 Å². The Labute approximate surface area is 152 Å². The van der Waals surface area contributed by atoms with Gasteiger partial charge in [0.05, 0.1) is 5.69 Å². The fourth-order valence-corrected chi connectivity index (χ4v) is 2.58. The van der Waals surface area contributed by atoms with Gasteiger partial charge in [0.2, 0.25) is 0 Å². The number of rotatable bonds is 4. The summed E-state index contributed by atoms with van der Waals surface area (Å²) in [5, 5.41) is 2.90. The maximum Gasteiger partial charge on any atom is 0.268 e. The molecule has 2 aromatic carbocycles. The van der Waals surface area contributed by atoms with Gasteiger partial charge in [-0.05, 0) is 65.0 Å². The van der Waals surface area contributed by atoms with E-state index in [9.17, 15) is 4.79 Å². The Morgan fingerprint density at radius 1 is 0.958 bits per heavy atom. The molecule has 0 saturated heterocycles. The van der Waals surface area contributed by atoms with E-state index in [1.807, 2.05) is 48.5 Å². The highest BCUT2D eigenvalue weighted by Gasteiger charge is 2.30. The third-order valence-electron chi connectivity index (χ3n) is 3.76. The lowest BCUT2D eigenvalue weighted by Crippen LogP contribution is -2.42. The average molecular weight is 390 g/mol. The zero-order valence-corrected chi connectivity index (χ0v) is 16.4. The summed E-state index contributed by atoms with van der Waals surface area (Å²) in [6.07, 6.45) is 0. The summed E-state index contributed by atoms with van der Waals surface area (Å²) in [5.74, 6) is 0.476. The topological polar surface area (TPSA) is 38.3 Å². The van der Waals surface area contributed by atoms with Gasteiger partial charge in [-0.25, -0.2) is 0 Å². The van der Waals surface area contributed by atoms with Crippen molar-refractivity contribution < 1.29 is 9.53 Å². The van der Waals surface area contributed by atoms with Crippen molar-refractivity contribution in [1.82, 2.24) is 0 Å². The molecule has 0 unspecified atom stereocenters. The Balaban J connectivity index is 2.10. The van der Waals surface area contributed by atoms with Crippen LogP contribution in [-0.4, -0.2) is 11.5 Å². The van der Waals surface area contributed by atoms with Crippen molar-refractivity contribution in [3.05, 3.63) is 58.6 Å². The van der Waals surface area contributed by atoms with E-state index in [0.717, 1.165) is 10.2 Å². The second-order valence-corrected chi connectivity index (χ2v) is 8.18. The Morgan fingerprint density at radius 2 is 1.54 bits per heavy atom. The van der Waals surface area contributed by atoms with Crippen molar-refractivity contribution in [1.29, 1.82) is 0 Å². The lowest BCUT2D eigenvalue weighted by atomic mass is 9.87. The van der Waals surface area contributed by atoms with Crippen LogP contribution in [0.1, 0.15) is 40.2 Å². The summed E-state index contributed by atoms with van der Waals surface area (Å²) < 4.78 is 6.75. The predicted molar refractivity (Wildman–Crippen MR) is 103 cm³/mol. The molecule has 24 heavy (non-hydrogen) atoms. The number of benzene rings is 2. The zero-order chi connectivity index (χ0) is 18.0. The molecule has 0 aromatic heterocycles. The van der Waals surface area contributed by atoms with E-state index in [4.69, 9.17) is 4.74 Å². The van der Waals surface area contributed by atoms with Crippen LogP contribution >= 0.6 is 15.9 Å². The van der Waals surface area contributed by atoms with Gasteiger partial charge in [0.15, 0.2) is 5.60 Å². The number of nitrogens with one attached hydrogen (secondary N) is 1. The SMILES string of the molecule is CC(C)(Oc1ccc(C(C)(C)C)cc1)C(=O)Nc1ccccc1Br. The second-order valence-electron chi connectivity index (χ2n) is 7.32. The quantitative estimate of drug-likeness (QED) is 0.744. The van der Waals surface area contributed by atoms with Gasteiger partial charge in [0.1, 0.15) is 5.75 Å². The van der Waals surface area contributed by atoms with Crippen LogP contribution in [0.25, 0.3) is 0 Å². The molecule has 0 aliphatic carbocycles. The highest BCUT2D eigenvalue weighted by atomic mass is 79.9. The van der Waals surface area contributed by atoms with Crippen LogP contribution < -0.4 is 10.1 Å². The molecule has 0 aliphatic rings. The third kappa shape index (κ3) is 4.60. The second kappa shape index (κ2) is 6.98. The number of amides is 1. The van der Waals surface area contributed by atoms with Crippen molar-refractivity contribution in [2.24, 2.45) is 0 Å². The lowest BCUT2D eigenvalue weighted by Gasteiger charge is -2.26. The molecular formula is C20H24BrNO2. The number of ether oxygens (including phenoxy) is 1. The van der Waals surface area contributed by atoms with Gasteiger partial charge in [0, 0.05) is 4.47 Å². The summed E-state index contributed by atoms with van der Waals surface area (Å²) in [6.45, 7) is 10.0. The molecule has 0 spiro atoms. The van der Waals surface area contributed by atoms with Crippen LogP contribution in [0, 0.1) is 0 Å². The summed E-state index contributed by atoms with van der Waals surface area (Å²) in [7, 11) is 0. The molecule has 0 atom stereocenters. The summed E-state index contributed by atoms with van der Waals surface area (Å²) in [5.41, 5.74) is 1.05. The number of carbonyl (C=O) groups excluding carboxylic acids is 1. The number of hydrogen-bond donors (Lipinski definition) is 1. The monoisotopic (exact) mass is 389 g/mol. The molecule has 0 fully saturated rings. The van der Waals surface area contributed by atoms with E-state index in [2.05, 4.69) is 42.0 Å². The number of halogens is 1. The van der Waals surface area contributed by atoms with Crippen molar-refractivity contribution in [3.63, 3.8) is 0 Å². The van der Waals surface area contributed by atoms with Crippen LogP contribution in [0.5, 0.6) is 5.75 Å². The smallest absolute Gasteiger partial charge is 0.268 e. The first kappa shape index (κ1) is 18.5. The first-order chi connectivity index (χ1) is 11.1. The van der Waals surface area contributed by atoms with E-state index in [1.54, 1.807) is 13.8 Å². The highest BCUT2D eigenvalue weighted by molar-refractivity contribution is 9.10. The van der Waals surface area contributed by atoms with Crippen molar-refractivity contribution >= 4 is 27.5 Å². The largest absolute Gasteiger partial charge is 0.478 e. The Morgan fingerprint density at radius 3 is 2.08 bits per heavy atom. The van der Waals surface area contributed by atoms with Gasteiger partial charge >= 0.3 is 0 Å². The first-order valence-electron chi connectivity index (χ1n) is 7.95. The zero-order valence-electron chi connectivity index (χ0n) is 14.8. The van der Waals surface area contributed by atoms with E-state index < -0.39 is 5.60 Å². The lowest BCUT2D eigenvalue weighted by molar-refractivity contribution is -0.128. The summed E-state index contributed by atoms with van der Waals surface area (Å²) >= 11 is 3.43. The normalized spacial score (nSPS) is 11.9. The molecule has 2 rings (SSSR count). The number of para-hydroxylation sites is 1. The van der Waals surface area contributed by atoms with Crippen molar-refractivity contribution in [3.8, 4) is 5.75 Å². The molecule has 0 aliphatic heterocycles. The van der Waals surface area contributed by atoms with E-state index in [1.165, 1.54) is 5.56 Å². The Hall–Kier alpha value is -1.81. The molecular weight excluding hydrogens is 366 g/mol. The molecule has 1 N–H and O–H groups in total. The molecule has 0 radical (unpaired) electrons. The average Bonchev–Trinajstić information content (AvgIpc) is 2.48. The van der Waals surface area contributed by atoms with E-state index >= 15 is 0 Å². The highest BCUT2D eigenvalue weighted by Crippen LogP contribution is 2.27. The standard InChI is InChI=1S/C20H24BrNO2/c1-19(2,3)14-10-12-15(13-11-14)24-20(4,5)18(23)22-17-9-7-6-8-16(17)21/h6-13H,1-5H3,(H,22,23). The van der Waals surface area contributed by atoms with Crippen LogP contribution in [0.15, 0.2) is 53.0 Å². The van der Waals surface area contributed by atoms with Crippen molar-refractivity contribution in [2.75, 3.05) is 5.32 Å². The van der Waals surface area contributed by atoms with Gasteiger partial charge in [-0.1, -0.05) is 45.0 Å². The maximum absolute atomic E-state index is 12.6. The number of anilines is 1. The molecule has 0 bridgehead atoms. The number of hydrogen-bond acceptors (Lipinski definition) is 2. The molecule has 1 amide bonds. The van der Waals surface area contributed by atoms with Gasteiger partial charge in [-0.15, -0.1) is 0 Å². The van der Waals surface area contributed by atoms with Crippen LogP contribution in [0.4, 0.5) is 5.69 Å². The van der Waals surface area contributed by atoms with Crippen LogP contribution in [0.2, 0.25) is 0 Å². The first-order valence-corrected chi connectivity index (χ1v) is 8.74.